The highest BCUT2D eigenvalue weighted by molar-refractivity contribution is 5.89. The molecule has 2 atom stereocenters. The van der Waals surface area contributed by atoms with Crippen molar-refractivity contribution in [1.82, 2.24) is 24.2 Å². The number of piperazine rings is 1. The molecule has 40 heavy (non-hydrogen) atoms. The second kappa shape index (κ2) is 11.1. The van der Waals surface area contributed by atoms with Gasteiger partial charge in [0, 0.05) is 63.2 Å². The molecular weight excluding hydrogens is 515 g/mol. The third kappa shape index (κ3) is 5.04. The summed E-state index contributed by atoms with van der Waals surface area (Å²) < 4.78 is 22.5. The molecule has 11 heteroatoms. The van der Waals surface area contributed by atoms with Crippen LogP contribution < -0.4 is 15.2 Å². The standard InChI is InChI=1S/C29H33FN6O4/c1-18-15-34(11-12-35(18)26(38)17-37)29-31-13-22(14-32-29)23-9-10-24-27(19(23)2)36(33(4)28(24)39)16-21-7-5-6-8-25(21)40-20(3)30/h5-10,13-14,18,20,37H,11-12,15-17H2,1-4H3/t18-,20?/m1/s1. The summed E-state index contributed by atoms with van der Waals surface area (Å²) in [5.41, 5.74) is 4.01. The Morgan fingerprint density at radius 2 is 1.90 bits per heavy atom. The summed E-state index contributed by atoms with van der Waals surface area (Å²) >= 11 is 0. The maximum absolute atomic E-state index is 13.7. The second-order valence-electron chi connectivity index (χ2n) is 10.1. The summed E-state index contributed by atoms with van der Waals surface area (Å²) in [6, 6.07) is 10.9. The molecule has 0 radical (unpaired) electrons. The van der Waals surface area contributed by atoms with Gasteiger partial charge in [0.15, 0.2) is 0 Å². The fourth-order valence-corrected chi connectivity index (χ4v) is 5.45. The van der Waals surface area contributed by atoms with Gasteiger partial charge in [-0.2, -0.15) is 0 Å². The largest absolute Gasteiger partial charge is 0.460 e. The second-order valence-corrected chi connectivity index (χ2v) is 10.1. The van der Waals surface area contributed by atoms with Gasteiger partial charge in [0.05, 0.1) is 17.4 Å². The molecule has 2 aromatic carbocycles. The van der Waals surface area contributed by atoms with Gasteiger partial charge in [0.2, 0.25) is 18.2 Å². The molecule has 1 fully saturated rings. The molecule has 4 aromatic rings. The number of hydrogen-bond acceptors (Lipinski definition) is 7. The first-order valence-electron chi connectivity index (χ1n) is 13.2. The van der Waals surface area contributed by atoms with Crippen LogP contribution in [-0.4, -0.2) is 73.9 Å². The summed E-state index contributed by atoms with van der Waals surface area (Å²) in [7, 11) is 1.72. The number of aliphatic hydroxyl groups is 1. The Hall–Kier alpha value is -4.25. The van der Waals surface area contributed by atoms with Crippen molar-refractivity contribution in [3.63, 3.8) is 0 Å². The molecule has 1 aliphatic rings. The van der Waals surface area contributed by atoms with Gasteiger partial charge in [-0.25, -0.2) is 14.4 Å². The number of benzene rings is 2. The Labute approximate surface area is 231 Å². The van der Waals surface area contributed by atoms with E-state index in [-0.39, 0.29) is 17.5 Å². The molecule has 0 bridgehead atoms. The first-order chi connectivity index (χ1) is 19.2. The van der Waals surface area contributed by atoms with E-state index in [1.165, 1.54) is 6.92 Å². The van der Waals surface area contributed by atoms with Crippen LogP contribution in [0.1, 0.15) is 25.0 Å². The number of hydrogen-bond donors (Lipinski definition) is 1. The summed E-state index contributed by atoms with van der Waals surface area (Å²) in [6.07, 6.45) is 2.07. The van der Waals surface area contributed by atoms with Gasteiger partial charge >= 0.3 is 0 Å². The SMILES string of the molecule is Cc1c(-c2cnc(N3CCN(C(=O)CO)[C@H](C)C3)nc2)ccc2c(=O)n(C)n(Cc3ccccc3OC(C)F)c12. The van der Waals surface area contributed by atoms with Crippen molar-refractivity contribution in [2.75, 3.05) is 31.1 Å². The van der Waals surface area contributed by atoms with Crippen molar-refractivity contribution >= 4 is 22.8 Å². The van der Waals surface area contributed by atoms with E-state index in [0.717, 1.165) is 27.8 Å². The molecule has 1 N–H and O–H groups in total. The number of halogens is 1. The zero-order valence-corrected chi connectivity index (χ0v) is 23.0. The molecule has 1 unspecified atom stereocenters. The van der Waals surface area contributed by atoms with E-state index in [1.807, 2.05) is 47.7 Å². The number of rotatable bonds is 7. The Kier molecular flexibility index (Phi) is 7.57. The van der Waals surface area contributed by atoms with E-state index >= 15 is 0 Å². The number of aliphatic hydroxyl groups excluding tert-OH is 1. The van der Waals surface area contributed by atoms with Crippen molar-refractivity contribution in [1.29, 1.82) is 0 Å². The van der Waals surface area contributed by atoms with Crippen LogP contribution in [0.5, 0.6) is 5.75 Å². The van der Waals surface area contributed by atoms with Crippen molar-refractivity contribution in [3.05, 3.63) is 70.3 Å². The Morgan fingerprint density at radius 3 is 2.58 bits per heavy atom. The number of nitrogens with zero attached hydrogens (tertiary/aromatic N) is 6. The van der Waals surface area contributed by atoms with Crippen LogP contribution in [0.3, 0.4) is 0 Å². The smallest absolute Gasteiger partial charge is 0.274 e. The van der Waals surface area contributed by atoms with Gasteiger partial charge in [0.1, 0.15) is 12.4 Å². The van der Waals surface area contributed by atoms with Crippen molar-refractivity contribution < 1.29 is 19.0 Å². The molecule has 0 saturated carbocycles. The molecule has 10 nitrogen and oxygen atoms in total. The molecule has 5 rings (SSSR count). The summed E-state index contributed by atoms with van der Waals surface area (Å²) in [4.78, 5) is 38.0. The average molecular weight is 549 g/mol. The highest BCUT2D eigenvalue weighted by Crippen LogP contribution is 2.30. The molecule has 2 aromatic heterocycles. The molecule has 1 aliphatic heterocycles. The minimum atomic E-state index is -1.46. The predicted molar refractivity (Wildman–Crippen MR) is 150 cm³/mol. The van der Waals surface area contributed by atoms with Crippen LogP contribution >= 0.6 is 0 Å². The van der Waals surface area contributed by atoms with E-state index in [4.69, 9.17) is 4.74 Å². The lowest BCUT2D eigenvalue weighted by atomic mass is 10.0. The number of para-hydroxylation sites is 1. The van der Waals surface area contributed by atoms with Crippen molar-refractivity contribution in [2.24, 2.45) is 7.05 Å². The highest BCUT2D eigenvalue weighted by Gasteiger charge is 2.28. The molecule has 1 saturated heterocycles. The fourth-order valence-electron chi connectivity index (χ4n) is 5.45. The maximum atomic E-state index is 13.7. The Morgan fingerprint density at radius 1 is 1.18 bits per heavy atom. The van der Waals surface area contributed by atoms with Gasteiger partial charge in [-0.1, -0.05) is 24.3 Å². The lowest BCUT2D eigenvalue weighted by Crippen LogP contribution is -2.55. The third-order valence-corrected chi connectivity index (χ3v) is 7.47. The minimum absolute atomic E-state index is 0.0696. The summed E-state index contributed by atoms with van der Waals surface area (Å²) in [5.74, 6) is 0.725. The van der Waals surface area contributed by atoms with Crippen LogP contribution in [0.2, 0.25) is 0 Å². The number of carbonyl (C=O) groups excluding carboxylic acids is 1. The summed E-state index contributed by atoms with van der Waals surface area (Å²) in [5, 5.41) is 9.78. The number of carbonyl (C=O) groups is 1. The zero-order chi connectivity index (χ0) is 28.6. The first kappa shape index (κ1) is 27.3. The van der Waals surface area contributed by atoms with Crippen molar-refractivity contribution in [2.45, 2.75) is 39.7 Å². The molecule has 210 valence electrons. The third-order valence-electron chi connectivity index (χ3n) is 7.47. The number of anilines is 1. The quantitative estimate of drug-likeness (QED) is 0.379. The van der Waals surface area contributed by atoms with Crippen LogP contribution in [0.25, 0.3) is 22.0 Å². The van der Waals surface area contributed by atoms with E-state index < -0.39 is 13.0 Å². The average Bonchev–Trinajstić information content (AvgIpc) is 3.19. The number of ether oxygens (including phenoxy) is 1. The molecule has 1 amide bonds. The van der Waals surface area contributed by atoms with Crippen LogP contribution in [0, 0.1) is 6.92 Å². The lowest BCUT2D eigenvalue weighted by molar-refractivity contribution is -0.136. The van der Waals surface area contributed by atoms with E-state index in [0.29, 0.717) is 43.3 Å². The van der Waals surface area contributed by atoms with E-state index in [9.17, 15) is 19.1 Å². The zero-order valence-electron chi connectivity index (χ0n) is 23.0. The topological polar surface area (TPSA) is 106 Å². The van der Waals surface area contributed by atoms with Gasteiger partial charge < -0.3 is 19.6 Å². The monoisotopic (exact) mass is 548 g/mol. The van der Waals surface area contributed by atoms with Gasteiger partial charge in [0.25, 0.3) is 5.56 Å². The van der Waals surface area contributed by atoms with E-state index in [2.05, 4.69) is 9.97 Å². The van der Waals surface area contributed by atoms with E-state index in [1.54, 1.807) is 41.2 Å². The predicted octanol–water partition coefficient (Wildman–Crippen LogP) is 2.88. The Bertz CT molecular complexity index is 1600. The normalized spacial score (nSPS) is 16.4. The first-order valence-corrected chi connectivity index (χ1v) is 13.2. The molecular formula is C29H33FN6O4. The fraction of sp³-hybridized carbons (Fsp3) is 0.379. The Balaban J connectivity index is 1.46. The van der Waals surface area contributed by atoms with Gasteiger partial charge in [-0.05, 0) is 37.1 Å². The number of aromatic nitrogens is 4. The van der Waals surface area contributed by atoms with Gasteiger partial charge in [-0.3, -0.25) is 19.0 Å². The number of amides is 1. The minimum Gasteiger partial charge on any atom is -0.460 e. The summed E-state index contributed by atoms with van der Waals surface area (Å²) in [6.45, 7) is 6.70. The molecule has 0 aliphatic carbocycles. The van der Waals surface area contributed by atoms with Crippen molar-refractivity contribution in [3.8, 4) is 16.9 Å². The van der Waals surface area contributed by atoms with Crippen LogP contribution in [0.15, 0.2) is 53.6 Å². The lowest BCUT2D eigenvalue weighted by Gasteiger charge is -2.39. The van der Waals surface area contributed by atoms with Crippen LogP contribution in [0.4, 0.5) is 10.3 Å². The number of alkyl halides is 1. The van der Waals surface area contributed by atoms with Crippen LogP contribution in [-0.2, 0) is 18.4 Å². The molecule has 3 heterocycles. The molecule has 0 spiro atoms. The number of fused-ring (bicyclic) bond motifs is 1. The number of aryl methyl sites for hydroxylation is 1. The maximum Gasteiger partial charge on any atom is 0.274 e. The highest BCUT2D eigenvalue weighted by atomic mass is 19.1. The van der Waals surface area contributed by atoms with Gasteiger partial charge in [-0.15, -0.1) is 0 Å².